The van der Waals surface area contributed by atoms with Crippen LogP contribution < -0.4 is 15.6 Å². The molecule has 0 atom stereocenters. The maximum absolute atomic E-state index is 12.3. The van der Waals surface area contributed by atoms with Gasteiger partial charge >= 0.3 is 0 Å². The normalized spacial score (nSPS) is 10.1. The molecule has 0 unspecified atom stereocenters. The number of nitro groups is 1. The van der Waals surface area contributed by atoms with Gasteiger partial charge in [-0.2, -0.15) is 5.26 Å². The number of amides is 1. The van der Waals surface area contributed by atoms with Crippen LogP contribution in [0.4, 0.5) is 11.4 Å². The number of benzene rings is 1. The number of carbonyl (C=O) groups excluding carboxylic acids is 1. The van der Waals surface area contributed by atoms with E-state index in [9.17, 15) is 19.7 Å². The molecule has 30 heavy (non-hydrogen) atoms. The van der Waals surface area contributed by atoms with Crippen molar-refractivity contribution in [2.45, 2.75) is 13.5 Å². The third kappa shape index (κ3) is 4.66. The van der Waals surface area contributed by atoms with Crippen LogP contribution in [-0.4, -0.2) is 20.4 Å². The molecule has 0 spiro atoms. The van der Waals surface area contributed by atoms with Gasteiger partial charge in [0, 0.05) is 24.0 Å². The number of rotatable bonds is 6. The van der Waals surface area contributed by atoms with Crippen LogP contribution in [0.2, 0.25) is 0 Å². The zero-order valence-corrected chi connectivity index (χ0v) is 15.7. The Morgan fingerprint density at radius 1 is 1.33 bits per heavy atom. The fraction of sp³-hybridized carbons (Fsp3) is 0.100. The fourth-order valence-electron chi connectivity index (χ4n) is 2.60. The second-order valence-corrected chi connectivity index (χ2v) is 6.21. The van der Waals surface area contributed by atoms with Crippen LogP contribution in [-0.2, 0) is 11.3 Å². The predicted molar refractivity (Wildman–Crippen MR) is 106 cm³/mol. The van der Waals surface area contributed by atoms with Crippen molar-refractivity contribution >= 4 is 17.3 Å². The zero-order valence-electron chi connectivity index (χ0n) is 15.7. The van der Waals surface area contributed by atoms with Crippen molar-refractivity contribution in [1.82, 2.24) is 9.55 Å². The van der Waals surface area contributed by atoms with E-state index in [0.29, 0.717) is 17.0 Å². The summed E-state index contributed by atoms with van der Waals surface area (Å²) in [7, 11) is 0. The summed E-state index contributed by atoms with van der Waals surface area (Å²) >= 11 is 0. The van der Waals surface area contributed by atoms with Crippen LogP contribution in [0.5, 0.6) is 11.6 Å². The lowest BCUT2D eigenvalue weighted by Gasteiger charge is -2.12. The van der Waals surface area contributed by atoms with Gasteiger partial charge < -0.3 is 10.1 Å². The molecule has 2 aromatic heterocycles. The summed E-state index contributed by atoms with van der Waals surface area (Å²) in [6.45, 7) is 1.36. The molecular weight excluding hydrogens is 390 g/mol. The quantitative estimate of drug-likeness (QED) is 0.491. The summed E-state index contributed by atoms with van der Waals surface area (Å²) in [5, 5.41) is 22.6. The number of anilines is 1. The molecule has 0 bridgehead atoms. The number of pyridine rings is 2. The highest BCUT2D eigenvalue weighted by Gasteiger charge is 2.12. The summed E-state index contributed by atoms with van der Waals surface area (Å²) < 4.78 is 6.60. The largest absolute Gasteiger partial charge is 0.438 e. The van der Waals surface area contributed by atoms with Crippen molar-refractivity contribution in [1.29, 1.82) is 5.26 Å². The summed E-state index contributed by atoms with van der Waals surface area (Å²) in [5.74, 6) is 0.0719. The first-order chi connectivity index (χ1) is 14.4. The molecule has 3 rings (SSSR count). The molecule has 0 fully saturated rings. The second-order valence-electron chi connectivity index (χ2n) is 6.21. The SMILES string of the molecule is Cc1cc(Oc2ncccc2C#N)ccc1NC(=O)Cn1cc([N+](=O)[O-])ccc1=O. The van der Waals surface area contributed by atoms with Gasteiger partial charge in [0.2, 0.25) is 11.8 Å². The van der Waals surface area contributed by atoms with Crippen molar-refractivity contribution in [3.63, 3.8) is 0 Å². The van der Waals surface area contributed by atoms with Crippen LogP contribution in [0.3, 0.4) is 0 Å². The molecule has 1 aromatic carbocycles. The molecule has 0 saturated carbocycles. The van der Waals surface area contributed by atoms with E-state index in [2.05, 4.69) is 10.3 Å². The summed E-state index contributed by atoms with van der Waals surface area (Å²) in [6, 6.07) is 12.2. The Morgan fingerprint density at radius 3 is 2.83 bits per heavy atom. The van der Waals surface area contributed by atoms with Gasteiger partial charge in [-0.05, 0) is 42.8 Å². The van der Waals surface area contributed by atoms with E-state index < -0.39 is 16.4 Å². The van der Waals surface area contributed by atoms with Gasteiger partial charge in [-0.25, -0.2) is 4.98 Å². The number of ether oxygens (including phenoxy) is 1. The Hall–Kier alpha value is -4.52. The Morgan fingerprint density at radius 2 is 2.13 bits per heavy atom. The molecule has 2 heterocycles. The number of nitrogens with one attached hydrogen (secondary N) is 1. The van der Waals surface area contributed by atoms with E-state index in [1.54, 1.807) is 37.3 Å². The fourth-order valence-corrected chi connectivity index (χ4v) is 2.60. The van der Waals surface area contributed by atoms with Gasteiger partial charge in [-0.1, -0.05) is 0 Å². The number of nitrogens with zero attached hydrogens (tertiary/aromatic N) is 4. The molecular formula is C20H15N5O5. The van der Waals surface area contributed by atoms with E-state index in [1.807, 2.05) is 6.07 Å². The minimum Gasteiger partial charge on any atom is -0.438 e. The van der Waals surface area contributed by atoms with Gasteiger partial charge in [-0.15, -0.1) is 0 Å². The van der Waals surface area contributed by atoms with Crippen molar-refractivity contribution in [2.75, 3.05) is 5.32 Å². The van der Waals surface area contributed by atoms with Gasteiger partial charge in [0.25, 0.3) is 11.2 Å². The Labute approximate surface area is 170 Å². The summed E-state index contributed by atoms with van der Waals surface area (Å²) in [4.78, 5) is 38.4. The Balaban J connectivity index is 1.73. The van der Waals surface area contributed by atoms with Crippen LogP contribution in [0.15, 0.2) is 59.7 Å². The van der Waals surface area contributed by atoms with Gasteiger partial charge in [-0.3, -0.25) is 24.3 Å². The number of aryl methyl sites for hydroxylation is 1. The smallest absolute Gasteiger partial charge is 0.285 e. The molecule has 3 aromatic rings. The number of hydrogen-bond acceptors (Lipinski definition) is 7. The van der Waals surface area contributed by atoms with E-state index in [4.69, 9.17) is 10.00 Å². The minimum atomic E-state index is -0.643. The molecule has 0 saturated heterocycles. The monoisotopic (exact) mass is 405 g/mol. The third-order valence-corrected chi connectivity index (χ3v) is 4.07. The zero-order chi connectivity index (χ0) is 21.7. The standard InChI is InChI=1S/C20H15N5O5/c1-13-9-16(30-20-14(10-21)3-2-8-22-20)5-6-17(13)23-18(26)12-24-11-15(25(28)29)4-7-19(24)27/h2-9,11H,12H2,1H3,(H,23,26). The average Bonchev–Trinajstić information content (AvgIpc) is 2.72. The summed E-state index contributed by atoms with van der Waals surface area (Å²) in [6.07, 6.45) is 2.53. The van der Waals surface area contributed by atoms with Crippen LogP contribution in [0.25, 0.3) is 0 Å². The van der Waals surface area contributed by atoms with E-state index in [-0.39, 0.29) is 23.7 Å². The molecule has 1 N–H and O–H groups in total. The van der Waals surface area contributed by atoms with E-state index in [0.717, 1.165) is 22.9 Å². The lowest BCUT2D eigenvalue weighted by atomic mass is 10.2. The molecule has 0 aliphatic heterocycles. The molecule has 150 valence electrons. The molecule has 0 radical (unpaired) electrons. The number of carbonyl (C=O) groups is 1. The van der Waals surface area contributed by atoms with Crippen molar-refractivity contribution in [3.8, 4) is 17.7 Å². The molecule has 10 heteroatoms. The second kappa shape index (κ2) is 8.66. The third-order valence-electron chi connectivity index (χ3n) is 4.07. The van der Waals surface area contributed by atoms with Crippen LogP contribution >= 0.6 is 0 Å². The first-order valence-electron chi connectivity index (χ1n) is 8.65. The lowest BCUT2D eigenvalue weighted by Crippen LogP contribution is -2.27. The maximum atomic E-state index is 12.3. The summed E-state index contributed by atoms with van der Waals surface area (Å²) in [5.41, 5.74) is 0.621. The van der Waals surface area contributed by atoms with E-state index >= 15 is 0 Å². The topological polar surface area (TPSA) is 140 Å². The average molecular weight is 405 g/mol. The molecule has 1 amide bonds. The molecule has 0 aliphatic carbocycles. The number of hydrogen-bond donors (Lipinski definition) is 1. The van der Waals surface area contributed by atoms with E-state index in [1.165, 1.54) is 6.20 Å². The number of nitriles is 1. The highest BCUT2D eigenvalue weighted by molar-refractivity contribution is 5.91. The van der Waals surface area contributed by atoms with Crippen LogP contribution in [0.1, 0.15) is 11.1 Å². The van der Waals surface area contributed by atoms with Crippen molar-refractivity contribution < 1.29 is 14.5 Å². The van der Waals surface area contributed by atoms with Crippen molar-refractivity contribution in [2.24, 2.45) is 0 Å². The van der Waals surface area contributed by atoms with Crippen LogP contribution in [0, 0.1) is 28.4 Å². The molecule has 0 aliphatic rings. The van der Waals surface area contributed by atoms with Gasteiger partial charge in [0.1, 0.15) is 23.9 Å². The first kappa shape index (κ1) is 20.2. The predicted octanol–water partition coefficient (Wildman–Crippen LogP) is 2.76. The maximum Gasteiger partial charge on any atom is 0.285 e. The first-order valence-corrected chi connectivity index (χ1v) is 8.65. The molecule has 10 nitrogen and oxygen atoms in total. The Bertz CT molecular complexity index is 1230. The highest BCUT2D eigenvalue weighted by atomic mass is 16.6. The number of aromatic nitrogens is 2. The minimum absolute atomic E-state index is 0.168. The highest BCUT2D eigenvalue weighted by Crippen LogP contribution is 2.26. The van der Waals surface area contributed by atoms with Gasteiger partial charge in [0.05, 0.1) is 11.1 Å². The van der Waals surface area contributed by atoms with Crippen molar-refractivity contribution in [3.05, 3.63) is 86.5 Å². The lowest BCUT2D eigenvalue weighted by molar-refractivity contribution is -0.385. The van der Waals surface area contributed by atoms with Gasteiger partial charge in [0.15, 0.2) is 0 Å². The Kier molecular flexibility index (Phi) is 5.84.